The summed E-state index contributed by atoms with van der Waals surface area (Å²) in [5, 5.41) is 5.82. The van der Waals surface area contributed by atoms with E-state index in [4.69, 9.17) is 0 Å². The van der Waals surface area contributed by atoms with Crippen molar-refractivity contribution >= 4 is 23.6 Å². The molecule has 0 saturated carbocycles. The van der Waals surface area contributed by atoms with Gasteiger partial charge in [-0.1, -0.05) is 34.1 Å². The molecule has 3 saturated heterocycles. The van der Waals surface area contributed by atoms with Gasteiger partial charge in [0.05, 0.1) is 0 Å². The molecule has 3 fully saturated rings. The van der Waals surface area contributed by atoms with Crippen molar-refractivity contribution in [3.8, 4) is 0 Å². The van der Waals surface area contributed by atoms with Crippen molar-refractivity contribution in [2.75, 3.05) is 13.1 Å². The average molecular weight is 421 g/mol. The van der Waals surface area contributed by atoms with Crippen molar-refractivity contribution in [3.05, 3.63) is 0 Å². The van der Waals surface area contributed by atoms with Gasteiger partial charge in [0.25, 0.3) is 0 Å². The highest BCUT2D eigenvalue weighted by Crippen LogP contribution is 2.27. The Morgan fingerprint density at radius 3 is 2.07 bits per heavy atom. The van der Waals surface area contributed by atoms with Crippen LogP contribution in [0.1, 0.15) is 66.2 Å². The molecule has 3 aliphatic heterocycles. The summed E-state index contributed by atoms with van der Waals surface area (Å²) in [5.41, 5.74) is 0. The second-order valence-corrected chi connectivity index (χ2v) is 9.44. The molecule has 0 bridgehead atoms. The van der Waals surface area contributed by atoms with E-state index in [1.54, 1.807) is 9.80 Å². The minimum Gasteiger partial charge on any atom is -0.343 e. The van der Waals surface area contributed by atoms with Gasteiger partial charge in [-0.3, -0.25) is 19.2 Å². The van der Waals surface area contributed by atoms with Crippen LogP contribution in [0.5, 0.6) is 0 Å². The summed E-state index contributed by atoms with van der Waals surface area (Å²) in [6.45, 7) is 8.94. The number of nitrogens with one attached hydrogen (secondary N) is 2. The predicted molar refractivity (Wildman–Crippen MR) is 112 cm³/mol. The van der Waals surface area contributed by atoms with Gasteiger partial charge in [-0.05, 0) is 43.9 Å². The summed E-state index contributed by atoms with van der Waals surface area (Å²) in [6.07, 6.45) is 3.89. The third kappa shape index (κ3) is 4.47. The monoisotopic (exact) mass is 420 g/mol. The zero-order valence-corrected chi connectivity index (χ0v) is 18.6. The van der Waals surface area contributed by atoms with Gasteiger partial charge < -0.3 is 20.4 Å². The molecule has 0 aromatic heterocycles. The molecule has 168 valence electrons. The maximum Gasteiger partial charge on any atom is 0.246 e. The van der Waals surface area contributed by atoms with Crippen LogP contribution in [0.3, 0.4) is 0 Å². The zero-order chi connectivity index (χ0) is 22.0. The molecular formula is C22H36N4O4. The molecule has 0 unspecified atom stereocenters. The summed E-state index contributed by atoms with van der Waals surface area (Å²) in [7, 11) is 0. The number of amides is 4. The fourth-order valence-corrected chi connectivity index (χ4v) is 4.87. The van der Waals surface area contributed by atoms with Gasteiger partial charge in [0, 0.05) is 13.1 Å². The van der Waals surface area contributed by atoms with E-state index in [1.807, 2.05) is 27.7 Å². The quantitative estimate of drug-likeness (QED) is 0.710. The van der Waals surface area contributed by atoms with Gasteiger partial charge in [-0.25, -0.2) is 0 Å². The molecule has 4 amide bonds. The SMILES string of the molecule is CC[C@H](C)[C@@H]1NC(=O)[C@H](CC(C)C)NC(=O)[C@@H]2CCCN2C(=O)[C@@H]2CCCN2C1=O. The summed E-state index contributed by atoms with van der Waals surface area (Å²) >= 11 is 0. The first-order chi connectivity index (χ1) is 14.2. The van der Waals surface area contributed by atoms with Gasteiger partial charge in [-0.2, -0.15) is 0 Å². The Kier molecular flexibility index (Phi) is 7.03. The molecule has 2 N–H and O–H groups in total. The van der Waals surface area contributed by atoms with Gasteiger partial charge in [-0.15, -0.1) is 0 Å². The molecule has 0 aromatic carbocycles. The van der Waals surface area contributed by atoms with Crippen molar-refractivity contribution in [3.63, 3.8) is 0 Å². The van der Waals surface area contributed by atoms with Crippen LogP contribution in [0.15, 0.2) is 0 Å². The summed E-state index contributed by atoms with van der Waals surface area (Å²) in [5.74, 6) is -0.777. The van der Waals surface area contributed by atoms with Crippen LogP contribution in [-0.2, 0) is 19.2 Å². The van der Waals surface area contributed by atoms with E-state index < -0.39 is 24.2 Å². The number of carbonyl (C=O) groups is 4. The minimum atomic E-state index is -0.719. The van der Waals surface area contributed by atoms with E-state index in [0.717, 1.165) is 19.3 Å². The number of carbonyl (C=O) groups excluding carboxylic acids is 4. The lowest BCUT2D eigenvalue weighted by atomic mass is 9.95. The van der Waals surface area contributed by atoms with Gasteiger partial charge in [0.15, 0.2) is 0 Å². The number of hydrogen-bond donors (Lipinski definition) is 2. The normalized spacial score (nSPS) is 31.6. The molecule has 0 aromatic rings. The Hall–Kier alpha value is -2.12. The maximum absolute atomic E-state index is 13.5. The van der Waals surface area contributed by atoms with E-state index in [0.29, 0.717) is 32.4 Å². The van der Waals surface area contributed by atoms with E-state index in [-0.39, 0.29) is 35.5 Å². The van der Waals surface area contributed by atoms with Crippen LogP contribution in [-0.4, -0.2) is 70.7 Å². The standard InChI is InChI=1S/C22H36N4O4/c1-5-14(4)18-22(30)26-11-7-9-17(26)21(29)25-10-6-8-16(25)20(28)23-15(12-13(2)3)19(27)24-18/h13-18H,5-12H2,1-4H3,(H,23,28)(H,24,27)/t14-,15-,16-,17-,18-/m0/s1. The van der Waals surface area contributed by atoms with Crippen LogP contribution < -0.4 is 10.6 Å². The first-order valence-electron chi connectivity index (χ1n) is 11.5. The molecule has 0 radical (unpaired) electrons. The van der Waals surface area contributed by atoms with Crippen molar-refractivity contribution in [1.29, 1.82) is 0 Å². The molecule has 8 heteroatoms. The van der Waals surface area contributed by atoms with Gasteiger partial charge >= 0.3 is 0 Å². The lowest BCUT2D eigenvalue weighted by molar-refractivity contribution is -0.149. The number of hydrogen-bond acceptors (Lipinski definition) is 4. The number of nitrogens with zero attached hydrogens (tertiary/aromatic N) is 2. The van der Waals surface area contributed by atoms with Crippen LogP contribution in [0, 0.1) is 11.8 Å². The van der Waals surface area contributed by atoms with Crippen LogP contribution in [0.25, 0.3) is 0 Å². The number of fused-ring (bicyclic) bond motifs is 2. The molecular weight excluding hydrogens is 384 g/mol. The van der Waals surface area contributed by atoms with Crippen molar-refractivity contribution in [2.45, 2.75) is 90.4 Å². The first kappa shape index (κ1) is 22.6. The van der Waals surface area contributed by atoms with Crippen LogP contribution in [0.4, 0.5) is 0 Å². The molecule has 30 heavy (non-hydrogen) atoms. The largest absolute Gasteiger partial charge is 0.343 e. The third-order valence-electron chi connectivity index (χ3n) is 6.78. The fourth-order valence-electron chi connectivity index (χ4n) is 4.87. The van der Waals surface area contributed by atoms with E-state index in [9.17, 15) is 19.2 Å². The average Bonchev–Trinajstić information content (AvgIpc) is 3.38. The minimum absolute atomic E-state index is 0.0734. The van der Waals surface area contributed by atoms with Crippen molar-refractivity contribution < 1.29 is 19.2 Å². The Morgan fingerprint density at radius 2 is 1.47 bits per heavy atom. The Morgan fingerprint density at radius 1 is 0.867 bits per heavy atom. The van der Waals surface area contributed by atoms with E-state index in [2.05, 4.69) is 10.6 Å². The van der Waals surface area contributed by atoms with Crippen LogP contribution in [0.2, 0.25) is 0 Å². The predicted octanol–water partition coefficient (Wildman–Crippen LogP) is 1.04. The second-order valence-electron chi connectivity index (χ2n) is 9.44. The summed E-state index contributed by atoms with van der Waals surface area (Å²) in [4.78, 5) is 56.3. The Balaban J connectivity index is 1.98. The Labute approximate surface area is 179 Å². The van der Waals surface area contributed by atoms with E-state index in [1.165, 1.54) is 0 Å². The first-order valence-corrected chi connectivity index (χ1v) is 11.5. The molecule has 5 atom stereocenters. The third-order valence-corrected chi connectivity index (χ3v) is 6.78. The fraction of sp³-hybridized carbons (Fsp3) is 0.818. The van der Waals surface area contributed by atoms with Gasteiger partial charge in [0.2, 0.25) is 23.6 Å². The van der Waals surface area contributed by atoms with E-state index >= 15 is 0 Å². The summed E-state index contributed by atoms with van der Waals surface area (Å²) in [6, 6.07) is -2.53. The highest BCUT2D eigenvalue weighted by atomic mass is 16.2. The summed E-state index contributed by atoms with van der Waals surface area (Å²) < 4.78 is 0. The molecule has 3 heterocycles. The molecule has 3 rings (SSSR count). The molecule has 0 spiro atoms. The molecule has 3 aliphatic rings. The zero-order valence-electron chi connectivity index (χ0n) is 18.6. The lowest BCUT2D eigenvalue weighted by Crippen LogP contribution is -2.62. The van der Waals surface area contributed by atoms with Gasteiger partial charge in [0.1, 0.15) is 24.2 Å². The highest BCUT2D eigenvalue weighted by Gasteiger charge is 2.45. The maximum atomic E-state index is 13.5. The van der Waals surface area contributed by atoms with Crippen LogP contribution >= 0.6 is 0 Å². The lowest BCUT2D eigenvalue weighted by Gasteiger charge is -2.36. The number of rotatable bonds is 4. The topological polar surface area (TPSA) is 98.8 Å². The smallest absolute Gasteiger partial charge is 0.246 e. The highest BCUT2D eigenvalue weighted by molar-refractivity contribution is 5.98. The molecule has 0 aliphatic carbocycles. The van der Waals surface area contributed by atoms with Crippen molar-refractivity contribution in [1.82, 2.24) is 20.4 Å². The molecule has 8 nitrogen and oxygen atoms in total. The Bertz CT molecular complexity index is 695. The van der Waals surface area contributed by atoms with Crippen molar-refractivity contribution in [2.24, 2.45) is 11.8 Å². The second kappa shape index (κ2) is 9.35.